The van der Waals surface area contributed by atoms with Crippen molar-refractivity contribution >= 4 is 33.6 Å². The van der Waals surface area contributed by atoms with Crippen molar-refractivity contribution in [2.45, 2.75) is 19.4 Å². The predicted octanol–water partition coefficient (Wildman–Crippen LogP) is 6.13. The largest absolute Gasteiger partial charge is 0.398 e. The van der Waals surface area contributed by atoms with Gasteiger partial charge in [-0.05, 0) is 67.4 Å². The van der Waals surface area contributed by atoms with Crippen LogP contribution in [0, 0.1) is 5.13 Å². The van der Waals surface area contributed by atoms with E-state index in [2.05, 4.69) is 32.5 Å². The van der Waals surface area contributed by atoms with E-state index in [9.17, 15) is 4.39 Å². The van der Waals surface area contributed by atoms with Crippen molar-refractivity contribution < 1.29 is 4.39 Å². The molecule has 36 heavy (non-hydrogen) atoms. The van der Waals surface area contributed by atoms with Gasteiger partial charge in [0, 0.05) is 58.0 Å². The van der Waals surface area contributed by atoms with E-state index in [1.165, 1.54) is 24.5 Å². The number of fused-ring (bicyclic) bond motifs is 1. The molecule has 0 radical (unpaired) electrons. The molecule has 5 heterocycles. The molecule has 1 aliphatic rings. The number of halogens is 1. The second-order valence-electron chi connectivity index (χ2n) is 9.12. The summed E-state index contributed by atoms with van der Waals surface area (Å²) in [6.45, 7) is 7.51. The SMILES string of the molecule is C=C(c1nc2c(-c3ccc(F)s3)cncc2[nH]1)c1cc(-c2cncc(CN3CCCC3)c2)ccc1N. The highest BCUT2D eigenvalue weighted by Crippen LogP contribution is 2.35. The molecule has 4 aromatic heterocycles. The minimum Gasteiger partial charge on any atom is -0.398 e. The van der Waals surface area contributed by atoms with Crippen LogP contribution >= 0.6 is 11.3 Å². The van der Waals surface area contributed by atoms with Gasteiger partial charge in [-0.2, -0.15) is 4.39 Å². The lowest BCUT2D eigenvalue weighted by Crippen LogP contribution is -2.18. The van der Waals surface area contributed by atoms with Crippen molar-refractivity contribution in [2.75, 3.05) is 18.8 Å². The topological polar surface area (TPSA) is 83.7 Å². The quantitative estimate of drug-likeness (QED) is 0.276. The first kappa shape index (κ1) is 22.6. The molecule has 1 aromatic carbocycles. The van der Waals surface area contributed by atoms with E-state index in [0.29, 0.717) is 17.1 Å². The Morgan fingerprint density at radius 1 is 1.03 bits per heavy atom. The number of aromatic amines is 1. The van der Waals surface area contributed by atoms with Crippen LogP contribution in [0.3, 0.4) is 0 Å². The summed E-state index contributed by atoms with van der Waals surface area (Å²) in [5.41, 5.74) is 14.0. The van der Waals surface area contributed by atoms with Crippen LogP contribution in [0.1, 0.15) is 29.8 Å². The fourth-order valence-corrected chi connectivity index (χ4v) is 5.51. The number of pyridine rings is 2. The van der Waals surface area contributed by atoms with Gasteiger partial charge >= 0.3 is 0 Å². The van der Waals surface area contributed by atoms with E-state index in [0.717, 1.165) is 69.1 Å². The van der Waals surface area contributed by atoms with Crippen LogP contribution in [0.15, 0.2) is 67.8 Å². The summed E-state index contributed by atoms with van der Waals surface area (Å²) in [4.78, 5) is 20.2. The number of aromatic nitrogens is 4. The number of benzene rings is 1. The monoisotopic (exact) mass is 496 g/mol. The number of rotatable bonds is 6. The molecule has 1 aliphatic heterocycles. The highest BCUT2D eigenvalue weighted by atomic mass is 32.1. The number of likely N-dealkylation sites (tertiary alicyclic amines) is 1. The summed E-state index contributed by atoms with van der Waals surface area (Å²) < 4.78 is 13.7. The summed E-state index contributed by atoms with van der Waals surface area (Å²) in [5, 5.41) is -0.245. The van der Waals surface area contributed by atoms with Crippen molar-refractivity contribution in [3.63, 3.8) is 0 Å². The second kappa shape index (κ2) is 9.29. The Kier molecular flexibility index (Phi) is 5.83. The van der Waals surface area contributed by atoms with Crippen LogP contribution < -0.4 is 5.73 Å². The third-order valence-corrected chi connectivity index (χ3v) is 7.54. The van der Waals surface area contributed by atoms with E-state index in [4.69, 9.17) is 10.7 Å². The molecule has 6 nitrogen and oxygen atoms in total. The minimum atomic E-state index is -0.245. The third-order valence-electron chi connectivity index (χ3n) is 6.63. The molecule has 0 atom stereocenters. The van der Waals surface area contributed by atoms with Gasteiger partial charge < -0.3 is 10.7 Å². The minimum absolute atomic E-state index is 0.245. The second-order valence-corrected chi connectivity index (χ2v) is 10.2. The first-order valence-electron chi connectivity index (χ1n) is 11.9. The molecule has 0 spiro atoms. The summed E-state index contributed by atoms with van der Waals surface area (Å²) in [6.07, 6.45) is 9.77. The standard InChI is InChI=1S/C28H25FN6S/c1-17(28-33-24-15-32-14-22(27(24)34-28)25-6-7-26(29)36-25)21-11-19(4-5-23(21)30)20-10-18(12-31-13-20)16-35-8-2-3-9-35/h4-7,10-15H,1-3,8-9,16,30H2,(H,33,34). The predicted molar refractivity (Wildman–Crippen MR) is 144 cm³/mol. The number of thiophene rings is 1. The van der Waals surface area contributed by atoms with E-state index in [-0.39, 0.29) is 5.13 Å². The average Bonchev–Trinajstić information content (AvgIpc) is 3.65. The number of hydrogen-bond acceptors (Lipinski definition) is 6. The van der Waals surface area contributed by atoms with E-state index >= 15 is 0 Å². The zero-order valence-electron chi connectivity index (χ0n) is 19.7. The van der Waals surface area contributed by atoms with Crippen LogP contribution in [0.5, 0.6) is 0 Å². The zero-order valence-corrected chi connectivity index (χ0v) is 20.5. The van der Waals surface area contributed by atoms with Crippen molar-refractivity contribution in [3.05, 3.63) is 89.8 Å². The van der Waals surface area contributed by atoms with Crippen LogP contribution in [0.4, 0.5) is 10.1 Å². The molecule has 0 amide bonds. The van der Waals surface area contributed by atoms with Gasteiger partial charge in [-0.25, -0.2) is 4.98 Å². The van der Waals surface area contributed by atoms with E-state index < -0.39 is 0 Å². The summed E-state index contributed by atoms with van der Waals surface area (Å²) in [6, 6.07) is 11.3. The first-order chi connectivity index (χ1) is 17.5. The average molecular weight is 497 g/mol. The van der Waals surface area contributed by atoms with Crippen LogP contribution in [-0.2, 0) is 6.54 Å². The molecule has 5 aromatic rings. The van der Waals surface area contributed by atoms with Gasteiger partial charge in [0.1, 0.15) is 11.3 Å². The molecule has 1 fully saturated rings. The summed E-state index contributed by atoms with van der Waals surface area (Å²) >= 11 is 1.07. The normalized spacial score (nSPS) is 14.0. The maximum absolute atomic E-state index is 13.7. The Bertz CT molecular complexity index is 1580. The number of H-pyrrole nitrogens is 1. The lowest BCUT2D eigenvalue weighted by Gasteiger charge is -2.15. The molecular formula is C28H25FN6S. The highest BCUT2D eigenvalue weighted by Gasteiger charge is 2.17. The van der Waals surface area contributed by atoms with E-state index in [1.54, 1.807) is 18.5 Å². The Labute approximate surface area is 212 Å². The number of nitrogens with one attached hydrogen (secondary N) is 1. The molecule has 0 aliphatic carbocycles. The first-order valence-corrected chi connectivity index (χ1v) is 12.7. The number of hydrogen-bond donors (Lipinski definition) is 2. The van der Waals surface area contributed by atoms with E-state index in [1.807, 2.05) is 30.6 Å². The lowest BCUT2D eigenvalue weighted by molar-refractivity contribution is 0.331. The molecule has 0 bridgehead atoms. The lowest BCUT2D eigenvalue weighted by atomic mass is 9.98. The Balaban J connectivity index is 1.33. The van der Waals surface area contributed by atoms with Crippen LogP contribution in [0.2, 0.25) is 0 Å². The van der Waals surface area contributed by atoms with Crippen LogP contribution in [0.25, 0.3) is 38.2 Å². The number of nitrogen functional groups attached to an aromatic ring is 1. The van der Waals surface area contributed by atoms with Gasteiger partial charge in [0.25, 0.3) is 0 Å². The number of nitrogens with zero attached hydrogens (tertiary/aromatic N) is 4. The number of anilines is 1. The Hall–Kier alpha value is -3.88. The summed E-state index contributed by atoms with van der Waals surface area (Å²) in [7, 11) is 0. The fraction of sp³-hybridized carbons (Fsp3) is 0.179. The molecular weight excluding hydrogens is 471 g/mol. The highest BCUT2D eigenvalue weighted by molar-refractivity contribution is 7.14. The molecule has 8 heteroatoms. The zero-order chi connectivity index (χ0) is 24.6. The van der Waals surface area contributed by atoms with Crippen LogP contribution in [-0.4, -0.2) is 37.9 Å². The van der Waals surface area contributed by atoms with Gasteiger partial charge in [-0.15, -0.1) is 11.3 Å². The maximum atomic E-state index is 13.7. The number of imidazole rings is 1. The van der Waals surface area contributed by atoms with Gasteiger partial charge in [-0.1, -0.05) is 12.6 Å². The molecule has 3 N–H and O–H groups in total. The number of nitrogens with two attached hydrogens (primary N) is 1. The Morgan fingerprint density at radius 2 is 1.86 bits per heavy atom. The molecule has 0 saturated carbocycles. The maximum Gasteiger partial charge on any atom is 0.176 e. The summed E-state index contributed by atoms with van der Waals surface area (Å²) in [5.74, 6) is 0.598. The van der Waals surface area contributed by atoms with Gasteiger partial charge in [0.05, 0.1) is 11.7 Å². The molecule has 180 valence electrons. The molecule has 0 unspecified atom stereocenters. The third kappa shape index (κ3) is 4.29. The Morgan fingerprint density at radius 3 is 2.67 bits per heavy atom. The smallest absolute Gasteiger partial charge is 0.176 e. The molecule has 6 rings (SSSR count). The van der Waals surface area contributed by atoms with Gasteiger partial charge in [-0.3, -0.25) is 14.9 Å². The van der Waals surface area contributed by atoms with Crippen molar-refractivity contribution in [1.82, 2.24) is 24.8 Å². The van der Waals surface area contributed by atoms with Gasteiger partial charge in [0.15, 0.2) is 5.13 Å². The van der Waals surface area contributed by atoms with Crippen molar-refractivity contribution in [2.24, 2.45) is 0 Å². The molecule has 1 saturated heterocycles. The fourth-order valence-electron chi connectivity index (χ4n) is 4.77. The van der Waals surface area contributed by atoms with Crippen molar-refractivity contribution in [1.29, 1.82) is 0 Å². The van der Waals surface area contributed by atoms with Gasteiger partial charge in [0.2, 0.25) is 0 Å². The van der Waals surface area contributed by atoms with Crippen molar-refractivity contribution in [3.8, 4) is 21.6 Å².